The highest BCUT2D eigenvalue weighted by molar-refractivity contribution is 6.10. The molecule has 2 N–H and O–H groups in total. The minimum absolute atomic E-state index is 0.0211. The number of β-amino-alcohol motifs (C(OH)–C–C–N with tert-alkyl or cyclic N) is 1. The van der Waals surface area contributed by atoms with Gasteiger partial charge in [-0.3, -0.25) is 9.69 Å². The van der Waals surface area contributed by atoms with E-state index in [2.05, 4.69) is 61.2 Å². The second kappa shape index (κ2) is 12.6. The largest absolute Gasteiger partial charge is 0.497 e. The average Bonchev–Trinajstić information content (AvgIpc) is 3.28. The molecule has 44 heavy (non-hydrogen) atoms. The van der Waals surface area contributed by atoms with Crippen LogP contribution in [0.25, 0.3) is 0 Å². The number of methoxy groups -OCH3 is 1. The molecule has 1 fully saturated rings. The first-order chi connectivity index (χ1) is 21.2. The summed E-state index contributed by atoms with van der Waals surface area (Å²) in [6.07, 6.45) is 8.10. The molecule has 4 atom stereocenters. The van der Waals surface area contributed by atoms with Crippen molar-refractivity contribution >= 4 is 5.78 Å². The Balaban J connectivity index is 1.40. The second-order valence-corrected chi connectivity index (χ2v) is 13.7. The SMILES string of the molecule is COc1ccc(C(=O)c2cc3ccc2C2CCC(O)(CN4CCc5ccccc5C4)C2(C)CCC=C(C)CCC(O)C3)cc1. The quantitative estimate of drug-likeness (QED) is 0.246. The van der Waals surface area contributed by atoms with Crippen molar-refractivity contribution in [3.8, 4) is 5.75 Å². The molecule has 5 heteroatoms. The number of ketones is 1. The number of benzene rings is 3. The molecular weight excluding hydrogens is 546 g/mol. The van der Waals surface area contributed by atoms with Gasteiger partial charge in [0.15, 0.2) is 5.78 Å². The van der Waals surface area contributed by atoms with Crippen LogP contribution in [0.2, 0.25) is 0 Å². The number of allylic oxidation sites excluding steroid dienone is 2. The molecule has 0 radical (unpaired) electrons. The lowest BCUT2D eigenvalue weighted by molar-refractivity contribution is -0.0856. The van der Waals surface area contributed by atoms with Crippen LogP contribution in [0, 0.1) is 5.41 Å². The fraction of sp³-hybridized carbons (Fsp3) is 0.462. The van der Waals surface area contributed by atoms with Gasteiger partial charge in [0.05, 0.1) is 18.8 Å². The number of nitrogens with zero attached hydrogens (tertiary/aromatic N) is 1. The average molecular weight is 594 g/mol. The summed E-state index contributed by atoms with van der Waals surface area (Å²) >= 11 is 0. The van der Waals surface area contributed by atoms with Gasteiger partial charge in [-0.2, -0.15) is 0 Å². The van der Waals surface area contributed by atoms with Gasteiger partial charge in [0.25, 0.3) is 0 Å². The summed E-state index contributed by atoms with van der Waals surface area (Å²) in [6.45, 7) is 6.86. The number of hydrogen-bond donors (Lipinski definition) is 2. The van der Waals surface area contributed by atoms with E-state index in [1.54, 1.807) is 7.11 Å². The van der Waals surface area contributed by atoms with Crippen molar-refractivity contribution in [2.24, 2.45) is 5.41 Å². The van der Waals surface area contributed by atoms with E-state index in [1.165, 1.54) is 16.7 Å². The highest BCUT2D eigenvalue weighted by Crippen LogP contribution is 2.59. The molecule has 4 aliphatic rings. The van der Waals surface area contributed by atoms with Crippen LogP contribution in [-0.4, -0.2) is 52.8 Å². The number of aliphatic hydroxyl groups is 2. The molecule has 3 aromatic carbocycles. The van der Waals surface area contributed by atoms with Gasteiger partial charge in [0, 0.05) is 36.2 Å². The number of aliphatic hydroxyl groups excluding tert-OH is 1. The zero-order valence-corrected chi connectivity index (χ0v) is 26.5. The van der Waals surface area contributed by atoms with Crippen LogP contribution in [0.15, 0.2) is 78.4 Å². The molecule has 2 bridgehead atoms. The van der Waals surface area contributed by atoms with Gasteiger partial charge in [-0.25, -0.2) is 0 Å². The van der Waals surface area contributed by atoms with Crippen molar-refractivity contribution in [2.45, 2.75) is 89.4 Å². The van der Waals surface area contributed by atoms with E-state index in [4.69, 9.17) is 4.74 Å². The van der Waals surface area contributed by atoms with Crippen LogP contribution in [0.4, 0.5) is 0 Å². The number of carbonyl (C=O) groups is 1. The minimum Gasteiger partial charge on any atom is -0.497 e. The highest BCUT2D eigenvalue weighted by atomic mass is 16.5. The normalized spacial score (nSPS) is 27.6. The molecule has 1 aliphatic heterocycles. The first-order valence-electron chi connectivity index (χ1n) is 16.4. The lowest BCUT2D eigenvalue weighted by atomic mass is 9.64. The van der Waals surface area contributed by atoms with Crippen LogP contribution in [0.1, 0.15) is 96.5 Å². The monoisotopic (exact) mass is 593 g/mol. The van der Waals surface area contributed by atoms with Gasteiger partial charge in [-0.15, -0.1) is 0 Å². The molecular formula is C39H47NO4. The Labute approximate surface area is 262 Å². The third-order valence-corrected chi connectivity index (χ3v) is 11.0. The summed E-state index contributed by atoms with van der Waals surface area (Å²) in [6, 6.07) is 22.2. The van der Waals surface area contributed by atoms with Gasteiger partial charge in [0.1, 0.15) is 5.75 Å². The molecule has 0 amide bonds. The lowest BCUT2D eigenvalue weighted by Gasteiger charge is -2.47. The zero-order chi connectivity index (χ0) is 30.9. The van der Waals surface area contributed by atoms with Crippen LogP contribution in [0.5, 0.6) is 5.75 Å². The molecule has 232 valence electrons. The van der Waals surface area contributed by atoms with E-state index in [0.29, 0.717) is 42.7 Å². The minimum atomic E-state index is -0.891. The fourth-order valence-corrected chi connectivity index (χ4v) is 8.15. The third kappa shape index (κ3) is 6.02. The fourth-order valence-electron chi connectivity index (χ4n) is 8.15. The van der Waals surface area contributed by atoms with E-state index in [0.717, 1.165) is 56.3 Å². The number of hydrogen-bond acceptors (Lipinski definition) is 5. The van der Waals surface area contributed by atoms with Crippen LogP contribution < -0.4 is 4.74 Å². The molecule has 1 heterocycles. The number of fused-ring (bicyclic) bond motifs is 9. The maximum atomic E-state index is 14.2. The first kappa shape index (κ1) is 30.8. The Morgan fingerprint density at radius 2 is 1.77 bits per heavy atom. The molecule has 0 aromatic heterocycles. The summed E-state index contributed by atoms with van der Waals surface area (Å²) in [5.74, 6) is 0.717. The summed E-state index contributed by atoms with van der Waals surface area (Å²) in [5.41, 5.74) is 6.04. The lowest BCUT2D eigenvalue weighted by Crippen LogP contribution is -2.53. The van der Waals surface area contributed by atoms with E-state index in [1.807, 2.05) is 30.3 Å². The van der Waals surface area contributed by atoms with Crippen molar-refractivity contribution in [1.82, 2.24) is 4.90 Å². The highest BCUT2D eigenvalue weighted by Gasteiger charge is 2.57. The number of ether oxygens (including phenoxy) is 1. The summed E-state index contributed by atoms with van der Waals surface area (Å²) in [5, 5.41) is 23.6. The predicted molar refractivity (Wildman–Crippen MR) is 175 cm³/mol. The Kier molecular flexibility index (Phi) is 8.83. The molecule has 7 rings (SSSR count). The Hall–Kier alpha value is -3.25. The molecule has 5 nitrogen and oxygen atoms in total. The molecule has 3 aromatic rings. The number of carbonyl (C=O) groups excluding carboxylic acids is 1. The standard InChI is InChI=1S/C39H47NO4/c1-27-7-6-20-38(2)36(18-21-39(38,43)26-40-22-19-29-8-4-5-9-31(29)25-40)34-17-11-28(23-32(41)14-10-27)24-35(34)37(42)30-12-15-33(44-3)16-13-30/h4-5,7-9,11-13,15-17,24,32,36,41,43H,6,10,14,18-23,25-26H2,1-3H3. The van der Waals surface area contributed by atoms with Crippen molar-refractivity contribution < 1.29 is 19.7 Å². The summed E-state index contributed by atoms with van der Waals surface area (Å²) in [7, 11) is 1.62. The summed E-state index contributed by atoms with van der Waals surface area (Å²) < 4.78 is 5.34. The van der Waals surface area contributed by atoms with Crippen molar-refractivity contribution in [2.75, 3.05) is 20.2 Å². The van der Waals surface area contributed by atoms with Crippen molar-refractivity contribution in [1.29, 1.82) is 0 Å². The van der Waals surface area contributed by atoms with Gasteiger partial charge in [0.2, 0.25) is 0 Å². The van der Waals surface area contributed by atoms with Gasteiger partial charge >= 0.3 is 0 Å². The Bertz CT molecular complexity index is 1530. The first-order valence-corrected chi connectivity index (χ1v) is 16.4. The molecule has 4 unspecified atom stereocenters. The van der Waals surface area contributed by atoms with E-state index in [-0.39, 0.29) is 11.7 Å². The van der Waals surface area contributed by atoms with Crippen LogP contribution in [-0.2, 0) is 19.4 Å². The Morgan fingerprint density at radius 3 is 2.55 bits per heavy atom. The van der Waals surface area contributed by atoms with Crippen molar-refractivity contribution in [3.05, 3.63) is 112 Å². The number of rotatable bonds is 5. The third-order valence-electron chi connectivity index (χ3n) is 11.0. The van der Waals surface area contributed by atoms with E-state index in [9.17, 15) is 15.0 Å². The summed E-state index contributed by atoms with van der Waals surface area (Å²) in [4.78, 5) is 16.7. The second-order valence-electron chi connectivity index (χ2n) is 13.7. The van der Waals surface area contributed by atoms with Crippen LogP contribution in [0.3, 0.4) is 0 Å². The van der Waals surface area contributed by atoms with Gasteiger partial charge in [-0.05, 0) is 117 Å². The molecule has 1 saturated carbocycles. The van der Waals surface area contributed by atoms with Gasteiger partial charge in [-0.1, -0.05) is 55.0 Å². The maximum Gasteiger partial charge on any atom is 0.193 e. The molecule has 0 saturated heterocycles. The maximum absolute atomic E-state index is 14.2. The topological polar surface area (TPSA) is 70.0 Å². The van der Waals surface area contributed by atoms with Gasteiger partial charge < -0.3 is 14.9 Å². The van der Waals surface area contributed by atoms with Crippen LogP contribution >= 0.6 is 0 Å². The zero-order valence-electron chi connectivity index (χ0n) is 26.5. The van der Waals surface area contributed by atoms with Crippen molar-refractivity contribution in [3.63, 3.8) is 0 Å². The smallest absolute Gasteiger partial charge is 0.193 e. The van der Waals surface area contributed by atoms with E-state index >= 15 is 0 Å². The predicted octanol–water partition coefficient (Wildman–Crippen LogP) is 7.02. The molecule has 0 spiro atoms. The Morgan fingerprint density at radius 1 is 1.00 bits per heavy atom. The molecule has 3 aliphatic carbocycles. The van der Waals surface area contributed by atoms with E-state index < -0.39 is 17.1 Å².